The highest BCUT2D eigenvalue weighted by molar-refractivity contribution is 7.12. The van der Waals surface area contributed by atoms with E-state index in [9.17, 15) is 0 Å². The first-order valence-electron chi connectivity index (χ1n) is 4.35. The Morgan fingerprint density at radius 2 is 1.80 bits per heavy atom. The van der Waals surface area contributed by atoms with Crippen molar-refractivity contribution in [1.29, 1.82) is 0 Å². The van der Waals surface area contributed by atoms with E-state index in [4.69, 9.17) is 0 Å². The molecule has 4 nitrogen and oxygen atoms in total. The first-order valence-corrected chi connectivity index (χ1v) is 5.12. The smallest absolute Gasteiger partial charge is 0.163 e. The minimum atomic E-state index is 0.877. The number of hydrogen-bond acceptors (Lipinski definition) is 5. The van der Waals surface area contributed by atoms with Crippen molar-refractivity contribution in [3.8, 4) is 0 Å². The summed E-state index contributed by atoms with van der Waals surface area (Å²) in [5.41, 5.74) is 0.877. The molecule has 15 heavy (non-hydrogen) atoms. The summed E-state index contributed by atoms with van der Waals surface area (Å²) in [6, 6.07) is 9.46. The maximum atomic E-state index is 4.03. The van der Waals surface area contributed by atoms with Gasteiger partial charge in [0.05, 0.1) is 0 Å². The van der Waals surface area contributed by atoms with Crippen LogP contribution in [0.3, 0.4) is 0 Å². The quantitative estimate of drug-likeness (QED) is 0.578. The van der Waals surface area contributed by atoms with Crippen LogP contribution in [0.25, 0.3) is 10.3 Å². The SMILES string of the molecule is c1ccncc1.c1cnc2snnc2c1. The molecule has 0 saturated carbocycles. The van der Waals surface area contributed by atoms with Gasteiger partial charge in [-0.05, 0) is 24.3 Å². The van der Waals surface area contributed by atoms with Gasteiger partial charge in [-0.25, -0.2) is 4.98 Å². The third-order valence-corrected chi connectivity index (χ3v) is 2.24. The lowest BCUT2D eigenvalue weighted by Gasteiger charge is -1.78. The Morgan fingerprint density at radius 3 is 2.40 bits per heavy atom. The van der Waals surface area contributed by atoms with Crippen LogP contribution in [-0.2, 0) is 0 Å². The Labute approximate surface area is 90.8 Å². The Balaban J connectivity index is 0.000000124. The highest BCUT2D eigenvalue weighted by Gasteiger charge is 1.93. The summed E-state index contributed by atoms with van der Waals surface area (Å²) in [6.07, 6.45) is 5.24. The molecular weight excluding hydrogens is 208 g/mol. The van der Waals surface area contributed by atoms with E-state index in [2.05, 4.69) is 19.6 Å². The van der Waals surface area contributed by atoms with Crippen LogP contribution in [-0.4, -0.2) is 19.6 Å². The largest absolute Gasteiger partial charge is 0.265 e. The molecule has 0 spiro atoms. The maximum Gasteiger partial charge on any atom is 0.163 e. The van der Waals surface area contributed by atoms with Crippen molar-refractivity contribution in [3.63, 3.8) is 0 Å². The highest BCUT2D eigenvalue weighted by Crippen LogP contribution is 2.08. The van der Waals surface area contributed by atoms with Crippen molar-refractivity contribution >= 4 is 21.9 Å². The lowest BCUT2D eigenvalue weighted by molar-refractivity contribution is 1.20. The lowest BCUT2D eigenvalue weighted by atomic mass is 10.5. The van der Waals surface area contributed by atoms with E-state index in [0.29, 0.717) is 0 Å². The van der Waals surface area contributed by atoms with Gasteiger partial charge in [-0.1, -0.05) is 10.6 Å². The average molecular weight is 216 g/mol. The fraction of sp³-hybridized carbons (Fsp3) is 0. The first-order chi connectivity index (χ1) is 7.47. The molecule has 0 unspecified atom stereocenters. The average Bonchev–Trinajstić information content (AvgIpc) is 2.80. The number of aromatic nitrogens is 4. The molecule has 0 amide bonds. The fourth-order valence-corrected chi connectivity index (χ4v) is 1.46. The van der Waals surface area contributed by atoms with Gasteiger partial charge in [-0.3, -0.25) is 4.98 Å². The van der Waals surface area contributed by atoms with E-state index in [1.807, 2.05) is 30.3 Å². The van der Waals surface area contributed by atoms with Crippen LogP contribution in [0.1, 0.15) is 0 Å². The monoisotopic (exact) mass is 216 g/mol. The summed E-state index contributed by atoms with van der Waals surface area (Å²) in [7, 11) is 0. The zero-order chi connectivity index (χ0) is 10.3. The second kappa shape index (κ2) is 5.11. The van der Waals surface area contributed by atoms with Crippen molar-refractivity contribution in [2.45, 2.75) is 0 Å². The summed E-state index contributed by atoms with van der Waals surface area (Å²) >= 11 is 1.32. The summed E-state index contributed by atoms with van der Waals surface area (Å²) in [5.74, 6) is 0. The van der Waals surface area contributed by atoms with Crippen LogP contribution < -0.4 is 0 Å². The highest BCUT2D eigenvalue weighted by atomic mass is 32.1. The predicted octanol–water partition coefficient (Wildman–Crippen LogP) is 2.17. The molecule has 0 fully saturated rings. The molecule has 0 N–H and O–H groups in total. The number of nitrogens with zero attached hydrogens (tertiary/aromatic N) is 4. The van der Waals surface area contributed by atoms with Gasteiger partial charge in [0.2, 0.25) is 0 Å². The first kappa shape index (κ1) is 9.67. The van der Waals surface area contributed by atoms with Gasteiger partial charge in [0.25, 0.3) is 0 Å². The summed E-state index contributed by atoms with van der Waals surface area (Å²) < 4.78 is 3.73. The number of pyridine rings is 2. The molecule has 0 aliphatic rings. The maximum absolute atomic E-state index is 4.03. The van der Waals surface area contributed by atoms with Gasteiger partial charge in [0, 0.05) is 30.1 Å². The molecule has 0 atom stereocenters. The van der Waals surface area contributed by atoms with E-state index in [-0.39, 0.29) is 0 Å². The van der Waals surface area contributed by atoms with Crippen molar-refractivity contribution in [2.75, 3.05) is 0 Å². The fourth-order valence-electron chi connectivity index (χ4n) is 0.944. The molecule has 3 heterocycles. The molecule has 0 aromatic carbocycles. The zero-order valence-electron chi connectivity index (χ0n) is 7.82. The normalized spacial score (nSPS) is 9.33. The second-order valence-electron chi connectivity index (χ2n) is 2.63. The summed E-state index contributed by atoms with van der Waals surface area (Å²) in [4.78, 5) is 8.72. The van der Waals surface area contributed by atoms with Gasteiger partial charge >= 0.3 is 0 Å². The lowest BCUT2D eigenvalue weighted by Crippen LogP contribution is -1.68. The molecule has 3 rings (SSSR count). The van der Waals surface area contributed by atoms with Gasteiger partial charge in [-0.15, -0.1) is 5.10 Å². The van der Waals surface area contributed by atoms with E-state index >= 15 is 0 Å². The standard InChI is InChI=1S/C5H3N3S.C5H5N/c1-2-4-5(6-3-1)9-8-7-4;1-2-4-6-5-3-1/h1-3H;1-5H. The molecule has 5 heteroatoms. The minimum Gasteiger partial charge on any atom is -0.265 e. The molecule has 0 saturated heterocycles. The van der Waals surface area contributed by atoms with Gasteiger partial charge in [0.15, 0.2) is 4.83 Å². The molecule has 0 radical (unpaired) electrons. The summed E-state index contributed by atoms with van der Waals surface area (Å²) in [5, 5.41) is 3.82. The van der Waals surface area contributed by atoms with Gasteiger partial charge < -0.3 is 0 Å². The third-order valence-electron chi connectivity index (χ3n) is 1.59. The Kier molecular flexibility index (Phi) is 3.30. The molecule has 3 aromatic rings. The van der Waals surface area contributed by atoms with Gasteiger partial charge in [-0.2, -0.15) is 0 Å². The Bertz CT molecular complexity index is 452. The molecular formula is C10H8N4S. The summed E-state index contributed by atoms with van der Waals surface area (Å²) in [6.45, 7) is 0. The number of hydrogen-bond donors (Lipinski definition) is 0. The van der Waals surface area contributed by atoms with Crippen LogP contribution in [0, 0.1) is 0 Å². The number of rotatable bonds is 0. The van der Waals surface area contributed by atoms with Crippen LogP contribution in [0.15, 0.2) is 48.9 Å². The zero-order valence-corrected chi connectivity index (χ0v) is 8.63. The Hall–Kier alpha value is -1.88. The minimum absolute atomic E-state index is 0.877. The van der Waals surface area contributed by atoms with Crippen LogP contribution in [0.4, 0.5) is 0 Å². The topological polar surface area (TPSA) is 51.6 Å². The molecule has 0 aliphatic heterocycles. The van der Waals surface area contributed by atoms with Gasteiger partial charge in [0.1, 0.15) is 5.52 Å². The second-order valence-corrected chi connectivity index (χ2v) is 3.36. The van der Waals surface area contributed by atoms with Crippen LogP contribution in [0.5, 0.6) is 0 Å². The molecule has 74 valence electrons. The van der Waals surface area contributed by atoms with Crippen molar-refractivity contribution in [3.05, 3.63) is 48.9 Å². The molecule has 0 bridgehead atoms. The Morgan fingerprint density at radius 1 is 0.933 bits per heavy atom. The molecule has 0 aliphatic carbocycles. The van der Waals surface area contributed by atoms with Crippen molar-refractivity contribution < 1.29 is 0 Å². The van der Waals surface area contributed by atoms with Crippen molar-refractivity contribution in [1.82, 2.24) is 19.6 Å². The molecule has 3 aromatic heterocycles. The predicted molar refractivity (Wildman–Crippen MR) is 59.4 cm³/mol. The van der Waals surface area contributed by atoms with E-state index in [1.54, 1.807) is 18.6 Å². The van der Waals surface area contributed by atoms with Crippen LogP contribution in [0.2, 0.25) is 0 Å². The van der Waals surface area contributed by atoms with Crippen LogP contribution >= 0.6 is 11.5 Å². The van der Waals surface area contributed by atoms with E-state index in [1.165, 1.54) is 11.5 Å². The van der Waals surface area contributed by atoms with E-state index < -0.39 is 0 Å². The van der Waals surface area contributed by atoms with E-state index in [0.717, 1.165) is 10.3 Å². The third kappa shape index (κ3) is 2.78. The number of fused-ring (bicyclic) bond motifs is 1. The van der Waals surface area contributed by atoms with Crippen molar-refractivity contribution in [2.24, 2.45) is 0 Å².